The molecule has 0 aliphatic carbocycles. The summed E-state index contributed by atoms with van der Waals surface area (Å²) < 4.78 is 0. The smallest absolute Gasteiger partial charge is 0.0797 e. The van der Waals surface area contributed by atoms with Crippen molar-refractivity contribution in [3.05, 3.63) is 45.9 Å². The van der Waals surface area contributed by atoms with Crippen LogP contribution < -0.4 is 5.32 Å². The van der Waals surface area contributed by atoms with E-state index in [1.807, 2.05) is 24.3 Å². The molecule has 4 heteroatoms. The molecule has 2 rings (SSSR count). The summed E-state index contributed by atoms with van der Waals surface area (Å²) in [5.41, 5.74) is 4.46. The Hall–Kier alpha value is -0.840. The first kappa shape index (κ1) is 14.6. The molecule has 0 aliphatic heterocycles. The molecule has 0 aliphatic rings. The van der Waals surface area contributed by atoms with Gasteiger partial charge < -0.3 is 5.32 Å². The highest BCUT2D eigenvalue weighted by atomic mass is 32.2. The van der Waals surface area contributed by atoms with E-state index in [9.17, 15) is 0 Å². The van der Waals surface area contributed by atoms with Gasteiger partial charge in [0.1, 0.15) is 0 Å². The van der Waals surface area contributed by atoms with Gasteiger partial charge in [0.25, 0.3) is 0 Å². The number of aryl methyl sites for hydroxylation is 2. The van der Waals surface area contributed by atoms with E-state index in [2.05, 4.69) is 48.4 Å². The van der Waals surface area contributed by atoms with Crippen LogP contribution in [0.3, 0.4) is 0 Å². The largest absolute Gasteiger partial charge is 0.313 e. The second-order valence-corrected chi connectivity index (χ2v) is 6.65. The Morgan fingerprint density at radius 2 is 2.05 bits per heavy atom. The van der Waals surface area contributed by atoms with Gasteiger partial charge in [0, 0.05) is 21.6 Å². The van der Waals surface area contributed by atoms with E-state index in [1.54, 1.807) is 11.3 Å². The van der Waals surface area contributed by atoms with Gasteiger partial charge in [-0.3, -0.25) is 0 Å². The number of hydrogen-bond donors (Lipinski definition) is 1. The summed E-state index contributed by atoms with van der Waals surface area (Å²) in [5, 5.41) is 3.26. The standard InChI is InChI=1S/C15H20N2S2/c1-11(16-3)13-4-6-14(7-5-13)18-9-8-15-12(2)17-10-19-15/h4-7,10-11,16H,8-9H2,1-3H3. The summed E-state index contributed by atoms with van der Waals surface area (Å²) in [6.07, 6.45) is 1.11. The third-order valence-electron chi connectivity index (χ3n) is 3.26. The van der Waals surface area contributed by atoms with Crippen molar-refractivity contribution < 1.29 is 0 Å². The minimum absolute atomic E-state index is 0.416. The van der Waals surface area contributed by atoms with E-state index in [1.165, 1.54) is 21.0 Å². The summed E-state index contributed by atoms with van der Waals surface area (Å²) in [6, 6.07) is 9.27. The maximum absolute atomic E-state index is 4.28. The van der Waals surface area contributed by atoms with Gasteiger partial charge in [0.05, 0.1) is 11.2 Å². The molecule has 1 aromatic carbocycles. The second kappa shape index (κ2) is 7.08. The van der Waals surface area contributed by atoms with Crippen LogP contribution >= 0.6 is 23.1 Å². The molecule has 1 aromatic heterocycles. The molecule has 0 radical (unpaired) electrons. The summed E-state index contributed by atoms with van der Waals surface area (Å²) in [5.74, 6) is 1.12. The van der Waals surface area contributed by atoms with Gasteiger partial charge in [-0.1, -0.05) is 12.1 Å². The highest BCUT2D eigenvalue weighted by Gasteiger charge is 2.04. The average Bonchev–Trinajstić information content (AvgIpc) is 2.84. The molecule has 102 valence electrons. The summed E-state index contributed by atoms with van der Waals surface area (Å²) in [4.78, 5) is 7.04. The number of nitrogens with one attached hydrogen (secondary N) is 1. The lowest BCUT2D eigenvalue weighted by Gasteiger charge is -2.10. The van der Waals surface area contributed by atoms with Crippen LogP contribution in [-0.4, -0.2) is 17.8 Å². The van der Waals surface area contributed by atoms with Gasteiger partial charge in [-0.2, -0.15) is 0 Å². The molecule has 0 spiro atoms. The Kier molecular flexibility index (Phi) is 5.43. The number of rotatable bonds is 6. The quantitative estimate of drug-likeness (QED) is 0.813. The van der Waals surface area contributed by atoms with Crippen molar-refractivity contribution in [2.45, 2.75) is 31.2 Å². The Morgan fingerprint density at radius 1 is 1.32 bits per heavy atom. The summed E-state index contributed by atoms with van der Waals surface area (Å²) in [7, 11) is 1.99. The molecule has 1 atom stereocenters. The van der Waals surface area contributed by atoms with Crippen LogP contribution in [0, 0.1) is 6.92 Å². The Morgan fingerprint density at radius 3 is 2.63 bits per heavy atom. The molecule has 2 aromatic rings. The van der Waals surface area contributed by atoms with Crippen LogP contribution in [0.15, 0.2) is 34.7 Å². The highest BCUT2D eigenvalue weighted by molar-refractivity contribution is 7.99. The molecule has 1 N–H and O–H groups in total. The zero-order chi connectivity index (χ0) is 13.7. The normalized spacial score (nSPS) is 12.6. The fourth-order valence-electron chi connectivity index (χ4n) is 1.85. The van der Waals surface area contributed by atoms with E-state index in [0.717, 1.165) is 12.2 Å². The number of aromatic nitrogens is 1. The van der Waals surface area contributed by atoms with Crippen molar-refractivity contribution in [3.8, 4) is 0 Å². The summed E-state index contributed by atoms with van der Waals surface area (Å²) in [6.45, 7) is 4.26. The number of benzene rings is 1. The minimum Gasteiger partial charge on any atom is -0.313 e. The van der Waals surface area contributed by atoms with Crippen LogP contribution in [-0.2, 0) is 6.42 Å². The highest BCUT2D eigenvalue weighted by Crippen LogP contribution is 2.23. The van der Waals surface area contributed by atoms with E-state index in [0.29, 0.717) is 6.04 Å². The average molecular weight is 292 g/mol. The van der Waals surface area contributed by atoms with Gasteiger partial charge >= 0.3 is 0 Å². The van der Waals surface area contributed by atoms with E-state index >= 15 is 0 Å². The lowest BCUT2D eigenvalue weighted by molar-refractivity contribution is 0.652. The Labute approximate surface area is 123 Å². The van der Waals surface area contributed by atoms with Crippen LogP contribution in [0.25, 0.3) is 0 Å². The monoisotopic (exact) mass is 292 g/mol. The van der Waals surface area contributed by atoms with Gasteiger partial charge in [0.2, 0.25) is 0 Å². The van der Waals surface area contributed by atoms with Crippen LogP contribution in [0.5, 0.6) is 0 Å². The Bertz CT molecular complexity index is 505. The molecular formula is C15H20N2S2. The Balaban J connectivity index is 1.85. The maximum Gasteiger partial charge on any atom is 0.0797 e. The van der Waals surface area contributed by atoms with E-state index in [4.69, 9.17) is 0 Å². The maximum atomic E-state index is 4.28. The van der Waals surface area contributed by atoms with E-state index in [-0.39, 0.29) is 0 Å². The minimum atomic E-state index is 0.416. The topological polar surface area (TPSA) is 24.9 Å². The zero-order valence-electron chi connectivity index (χ0n) is 11.6. The molecule has 2 nitrogen and oxygen atoms in total. The third kappa shape index (κ3) is 4.06. The van der Waals surface area contributed by atoms with Crippen LogP contribution in [0.4, 0.5) is 0 Å². The molecule has 0 fully saturated rings. The fraction of sp³-hybridized carbons (Fsp3) is 0.400. The first-order chi connectivity index (χ1) is 9.20. The van der Waals surface area contributed by atoms with Crippen molar-refractivity contribution in [1.82, 2.24) is 10.3 Å². The fourth-order valence-corrected chi connectivity index (χ4v) is 3.63. The molecule has 0 saturated heterocycles. The van der Waals surface area contributed by atoms with E-state index < -0.39 is 0 Å². The van der Waals surface area contributed by atoms with Crippen molar-refractivity contribution in [1.29, 1.82) is 0 Å². The molecule has 0 saturated carbocycles. The van der Waals surface area contributed by atoms with Crippen molar-refractivity contribution >= 4 is 23.1 Å². The number of thiazole rings is 1. The molecule has 19 heavy (non-hydrogen) atoms. The lowest BCUT2D eigenvalue weighted by atomic mass is 10.1. The SMILES string of the molecule is CNC(C)c1ccc(SCCc2scnc2C)cc1. The predicted octanol–water partition coefficient (Wildman–Crippen LogP) is 4.07. The second-order valence-electron chi connectivity index (χ2n) is 4.54. The van der Waals surface area contributed by atoms with Gasteiger partial charge in [-0.25, -0.2) is 4.98 Å². The third-order valence-corrected chi connectivity index (χ3v) is 5.26. The van der Waals surface area contributed by atoms with Crippen molar-refractivity contribution in [2.75, 3.05) is 12.8 Å². The van der Waals surface area contributed by atoms with Gasteiger partial charge in [0.15, 0.2) is 0 Å². The molecule has 1 heterocycles. The summed E-state index contributed by atoms with van der Waals surface area (Å²) >= 11 is 3.68. The van der Waals surface area contributed by atoms with Crippen LogP contribution in [0.2, 0.25) is 0 Å². The number of thioether (sulfide) groups is 1. The zero-order valence-corrected chi connectivity index (χ0v) is 13.3. The molecule has 1 unspecified atom stereocenters. The molecule has 0 amide bonds. The lowest BCUT2D eigenvalue weighted by Crippen LogP contribution is -2.11. The van der Waals surface area contributed by atoms with Gasteiger partial charge in [-0.15, -0.1) is 23.1 Å². The van der Waals surface area contributed by atoms with Crippen molar-refractivity contribution in [3.63, 3.8) is 0 Å². The first-order valence-electron chi connectivity index (χ1n) is 6.49. The molecular weight excluding hydrogens is 272 g/mol. The number of nitrogens with zero attached hydrogens (tertiary/aromatic N) is 1. The van der Waals surface area contributed by atoms with Crippen LogP contribution in [0.1, 0.15) is 29.1 Å². The van der Waals surface area contributed by atoms with Gasteiger partial charge in [-0.05, 0) is 45.0 Å². The number of hydrogen-bond acceptors (Lipinski definition) is 4. The predicted molar refractivity (Wildman–Crippen MR) is 85.2 cm³/mol. The first-order valence-corrected chi connectivity index (χ1v) is 8.36. The molecule has 0 bridgehead atoms. The van der Waals surface area contributed by atoms with Crippen molar-refractivity contribution in [2.24, 2.45) is 0 Å².